The molecule has 0 saturated carbocycles. The number of aryl methyl sites for hydroxylation is 1. The highest BCUT2D eigenvalue weighted by Gasteiger charge is 2.17. The zero-order valence-electron chi connectivity index (χ0n) is 9.65. The van der Waals surface area contributed by atoms with Crippen LogP contribution in [0.1, 0.15) is 36.9 Å². The normalized spacial score (nSPS) is 17.5. The average molecular weight is 218 g/mol. The van der Waals surface area contributed by atoms with Crippen LogP contribution in [0, 0.1) is 0 Å². The fourth-order valence-electron chi connectivity index (χ4n) is 1.98. The van der Waals surface area contributed by atoms with Crippen molar-refractivity contribution in [3.8, 4) is 0 Å². The molecule has 2 N–H and O–H groups in total. The highest BCUT2D eigenvalue weighted by Crippen LogP contribution is 2.25. The lowest BCUT2D eigenvalue weighted by Gasteiger charge is -2.22. The van der Waals surface area contributed by atoms with E-state index in [0.717, 1.165) is 37.2 Å². The maximum atomic E-state index is 6.23. The first-order valence-corrected chi connectivity index (χ1v) is 5.84. The van der Waals surface area contributed by atoms with Gasteiger partial charge in [0.15, 0.2) is 0 Å². The first kappa shape index (κ1) is 11.1. The molecule has 0 radical (unpaired) electrons. The van der Waals surface area contributed by atoms with Crippen molar-refractivity contribution >= 4 is 0 Å². The molecule has 0 bridgehead atoms. The minimum atomic E-state index is -0.141. The lowest BCUT2D eigenvalue weighted by molar-refractivity contribution is 0.175. The predicted octanol–water partition coefficient (Wildman–Crippen LogP) is 2.34. The summed E-state index contributed by atoms with van der Waals surface area (Å²) in [6.45, 7) is 2.90. The second kappa shape index (κ2) is 5.12. The standard InChI is InChI=1S/C13H18N2O/c1-2-10-9-15-7-6-11(10)13(14)12-5-3-4-8-16-12/h5-7,9,13H,2-4,8,14H2,1H3. The Morgan fingerprint density at radius 2 is 2.44 bits per heavy atom. The lowest BCUT2D eigenvalue weighted by atomic mass is 9.99. The molecule has 1 atom stereocenters. The number of pyridine rings is 1. The molecular formula is C13H18N2O. The van der Waals surface area contributed by atoms with Crippen molar-refractivity contribution in [1.29, 1.82) is 0 Å². The Morgan fingerprint density at radius 3 is 3.12 bits per heavy atom. The third-order valence-corrected chi connectivity index (χ3v) is 2.93. The van der Waals surface area contributed by atoms with Gasteiger partial charge < -0.3 is 10.5 Å². The Morgan fingerprint density at radius 1 is 1.56 bits per heavy atom. The second-order valence-electron chi connectivity index (χ2n) is 4.00. The van der Waals surface area contributed by atoms with Gasteiger partial charge in [0.05, 0.1) is 12.6 Å². The van der Waals surface area contributed by atoms with Crippen LogP contribution in [0.25, 0.3) is 0 Å². The minimum Gasteiger partial charge on any atom is -0.496 e. The third kappa shape index (κ3) is 2.25. The number of aromatic nitrogens is 1. The zero-order valence-corrected chi connectivity index (χ0v) is 9.65. The van der Waals surface area contributed by atoms with Crippen LogP contribution in [0.3, 0.4) is 0 Å². The van der Waals surface area contributed by atoms with Gasteiger partial charge in [0.2, 0.25) is 0 Å². The maximum absolute atomic E-state index is 6.23. The van der Waals surface area contributed by atoms with Crippen molar-refractivity contribution < 1.29 is 4.74 Å². The number of hydrogen-bond acceptors (Lipinski definition) is 3. The number of allylic oxidation sites excluding steroid dienone is 1. The predicted molar refractivity (Wildman–Crippen MR) is 63.8 cm³/mol. The van der Waals surface area contributed by atoms with Crippen molar-refractivity contribution in [2.45, 2.75) is 32.2 Å². The number of hydrogen-bond donors (Lipinski definition) is 1. The van der Waals surface area contributed by atoms with E-state index in [0.29, 0.717) is 0 Å². The molecule has 1 aliphatic rings. The molecule has 0 spiro atoms. The Hall–Kier alpha value is -1.35. The maximum Gasteiger partial charge on any atom is 0.113 e. The monoisotopic (exact) mass is 218 g/mol. The van der Waals surface area contributed by atoms with Crippen molar-refractivity contribution in [2.24, 2.45) is 5.73 Å². The van der Waals surface area contributed by atoms with Crippen LogP contribution < -0.4 is 5.73 Å². The van der Waals surface area contributed by atoms with Gasteiger partial charge in [-0.05, 0) is 42.5 Å². The van der Waals surface area contributed by atoms with Crippen LogP contribution in [0.5, 0.6) is 0 Å². The fourth-order valence-corrected chi connectivity index (χ4v) is 1.98. The molecule has 0 aromatic carbocycles. The minimum absolute atomic E-state index is 0.141. The van der Waals surface area contributed by atoms with Gasteiger partial charge in [-0.15, -0.1) is 0 Å². The number of nitrogens with zero attached hydrogens (tertiary/aromatic N) is 1. The van der Waals surface area contributed by atoms with E-state index in [4.69, 9.17) is 10.5 Å². The number of ether oxygens (including phenoxy) is 1. The van der Waals surface area contributed by atoms with Crippen LogP contribution in [0.2, 0.25) is 0 Å². The SMILES string of the molecule is CCc1cnccc1C(N)C1=CCCCO1. The Balaban J connectivity index is 2.25. The molecule has 0 aliphatic carbocycles. The van der Waals surface area contributed by atoms with Gasteiger partial charge >= 0.3 is 0 Å². The van der Waals surface area contributed by atoms with Gasteiger partial charge in [0.25, 0.3) is 0 Å². The average Bonchev–Trinajstić information content (AvgIpc) is 2.39. The lowest BCUT2D eigenvalue weighted by Crippen LogP contribution is -2.19. The van der Waals surface area contributed by atoms with E-state index in [1.54, 1.807) is 6.20 Å². The highest BCUT2D eigenvalue weighted by molar-refractivity contribution is 5.31. The Kier molecular flexibility index (Phi) is 3.57. The highest BCUT2D eigenvalue weighted by atomic mass is 16.5. The largest absolute Gasteiger partial charge is 0.496 e. The summed E-state index contributed by atoms with van der Waals surface area (Å²) in [6, 6.07) is 1.85. The summed E-state index contributed by atoms with van der Waals surface area (Å²) in [7, 11) is 0. The van der Waals surface area contributed by atoms with E-state index in [1.807, 2.05) is 12.3 Å². The van der Waals surface area contributed by atoms with Crippen LogP contribution in [-0.2, 0) is 11.2 Å². The van der Waals surface area contributed by atoms with E-state index >= 15 is 0 Å². The van der Waals surface area contributed by atoms with Gasteiger partial charge in [-0.25, -0.2) is 0 Å². The van der Waals surface area contributed by atoms with Gasteiger partial charge in [-0.2, -0.15) is 0 Å². The molecule has 1 aromatic rings. The van der Waals surface area contributed by atoms with E-state index in [1.165, 1.54) is 5.56 Å². The number of nitrogens with two attached hydrogens (primary N) is 1. The Labute approximate surface area is 96.3 Å². The van der Waals surface area contributed by atoms with Crippen molar-refractivity contribution in [3.05, 3.63) is 41.4 Å². The molecular weight excluding hydrogens is 200 g/mol. The fraction of sp³-hybridized carbons (Fsp3) is 0.462. The van der Waals surface area contributed by atoms with Crippen molar-refractivity contribution in [3.63, 3.8) is 0 Å². The molecule has 86 valence electrons. The van der Waals surface area contributed by atoms with Gasteiger partial charge in [-0.1, -0.05) is 6.92 Å². The summed E-state index contributed by atoms with van der Waals surface area (Å²) in [4.78, 5) is 4.13. The summed E-state index contributed by atoms with van der Waals surface area (Å²) in [6.07, 6.45) is 8.89. The molecule has 1 unspecified atom stereocenters. The third-order valence-electron chi connectivity index (χ3n) is 2.93. The molecule has 2 heterocycles. The van der Waals surface area contributed by atoms with E-state index in [-0.39, 0.29) is 6.04 Å². The van der Waals surface area contributed by atoms with E-state index < -0.39 is 0 Å². The molecule has 3 nitrogen and oxygen atoms in total. The first-order chi connectivity index (χ1) is 7.83. The molecule has 1 aliphatic heterocycles. The van der Waals surface area contributed by atoms with Crippen molar-refractivity contribution in [2.75, 3.05) is 6.61 Å². The van der Waals surface area contributed by atoms with Crippen LogP contribution in [0.15, 0.2) is 30.3 Å². The quantitative estimate of drug-likeness (QED) is 0.847. The molecule has 1 aromatic heterocycles. The van der Waals surface area contributed by atoms with E-state index in [2.05, 4.69) is 18.0 Å². The zero-order chi connectivity index (χ0) is 11.4. The van der Waals surface area contributed by atoms with Gasteiger partial charge in [0, 0.05) is 12.4 Å². The second-order valence-corrected chi connectivity index (χ2v) is 4.00. The topological polar surface area (TPSA) is 48.1 Å². The number of rotatable bonds is 3. The smallest absolute Gasteiger partial charge is 0.113 e. The summed E-state index contributed by atoms with van der Waals surface area (Å²) in [5.41, 5.74) is 8.55. The summed E-state index contributed by atoms with van der Waals surface area (Å²) >= 11 is 0. The summed E-state index contributed by atoms with van der Waals surface area (Å²) < 4.78 is 5.61. The first-order valence-electron chi connectivity index (χ1n) is 5.84. The van der Waals surface area contributed by atoms with Crippen LogP contribution in [0.4, 0.5) is 0 Å². The molecule has 0 fully saturated rings. The van der Waals surface area contributed by atoms with Crippen molar-refractivity contribution in [1.82, 2.24) is 4.98 Å². The summed E-state index contributed by atoms with van der Waals surface area (Å²) in [5.74, 6) is 0.909. The van der Waals surface area contributed by atoms with E-state index in [9.17, 15) is 0 Å². The molecule has 0 saturated heterocycles. The van der Waals surface area contributed by atoms with Gasteiger partial charge in [0.1, 0.15) is 5.76 Å². The molecule has 2 rings (SSSR count). The molecule has 0 amide bonds. The van der Waals surface area contributed by atoms with Crippen LogP contribution >= 0.6 is 0 Å². The molecule has 16 heavy (non-hydrogen) atoms. The molecule has 3 heteroatoms. The summed E-state index contributed by atoms with van der Waals surface area (Å²) in [5, 5.41) is 0. The van der Waals surface area contributed by atoms with Crippen LogP contribution in [-0.4, -0.2) is 11.6 Å². The Bertz CT molecular complexity index is 387. The van der Waals surface area contributed by atoms with Gasteiger partial charge in [-0.3, -0.25) is 4.98 Å².